The fraction of sp³-hybridized carbons (Fsp3) is 0.250. The van der Waals surface area contributed by atoms with Gasteiger partial charge in [-0.05, 0) is 47.9 Å². The van der Waals surface area contributed by atoms with Gasteiger partial charge in [-0.25, -0.2) is 0 Å². The van der Waals surface area contributed by atoms with E-state index in [1.54, 1.807) is 0 Å². The van der Waals surface area contributed by atoms with Crippen molar-refractivity contribution < 1.29 is 4.74 Å². The summed E-state index contributed by atoms with van der Waals surface area (Å²) in [5.41, 5.74) is 2.66. The van der Waals surface area contributed by atoms with Crippen LogP contribution < -0.4 is 4.74 Å². The van der Waals surface area contributed by atoms with E-state index in [2.05, 4.69) is 36.8 Å². The summed E-state index contributed by atoms with van der Waals surface area (Å²) in [4.78, 5) is 0. The molecule has 0 aliphatic carbocycles. The summed E-state index contributed by atoms with van der Waals surface area (Å²) >= 11 is 3.66. The molecule has 0 atom stereocenters. The fourth-order valence-corrected chi connectivity index (χ4v) is 2.83. The lowest BCUT2D eigenvalue weighted by Gasteiger charge is -2.07. The van der Waals surface area contributed by atoms with Gasteiger partial charge >= 0.3 is 0 Å². The van der Waals surface area contributed by atoms with Gasteiger partial charge in [-0.3, -0.25) is 0 Å². The highest BCUT2D eigenvalue weighted by Gasteiger charge is 1.99. The van der Waals surface area contributed by atoms with Crippen molar-refractivity contribution in [2.24, 2.45) is 0 Å². The predicted molar refractivity (Wildman–Crippen MR) is 87.4 cm³/mol. The van der Waals surface area contributed by atoms with E-state index < -0.39 is 0 Å². The lowest BCUT2D eigenvalue weighted by atomic mass is 10.2. The number of hydrogen-bond acceptors (Lipinski definition) is 3. The third-order valence-corrected chi connectivity index (χ3v) is 3.95. The zero-order valence-corrected chi connectivity index (χ0v) is 12.9. The molecule has 0 aliphatic rings. The Bertz CT molecular complexity index is 444. The average Bonchev–Trinajstić information content (AvgIpc) is 2.44. The Kier molecular flexibility index (Phi) is 5.67. The van der Waals surface area contributed by atoms with Crippen LogP contribution in [0.1, 0.15) is 11.1 Å². The molecule has 0 aliphatic heterocycles. The number of ether oxygens (including phenoxy) is 1. The molecule has 0 fully saturated rings. The highest BCUT2D eigenvalue weighted by Crippen LogP contribution is 2.23. The molecule has 0 N–H and O–H groups in total. The molecule has 19 heavy (non-hydrogen) atoms. The number of thioether (sulfide) groups is 2. The summed E-state index contributed by atoms with van der Waals surface area (Å²) in [5, 5.41) is 0. The molecule has 0 saturated carbocycles. The first-order valence-electron chi connectivity index (χ1n) is 6.15. The second-order valence-corrected chi connectivity index (χ2v) is 5.99. The van der Waals surface area contributed by atoms with E-state index in [1.165, 1.54) is 11.1 Å². The van der Waals surface area contributed by atoms with Crippen LogP contribution in [-0.4, -0.2) is 12.5 Å². The monoisotopic (exact) mass is 290 g/mol. The van der Waals surface area contributed by atoms with Gasteiger partial charge in [0.1, 0.15) is 11.5 Å². The second-order valence-electron chi connectivity index (χ2n) is 4.26. The standard InChI is InChI=1S/C16H18OS2/c1-18-11-13-3-7-15(8-4-13)17-16-9-5-14(6-10-16)12-19-2/h3-10H,11-12H2,1-2H3. The van der Waals surface area contributed by atoms with Gasteiger partial charge in [-0.1, -0.05) is 24.3 Å². The second kappa shape index (κ2) is 7.51. The highest BCUT2D eigenvalue weighted by atomic mass is 32.2. The summed E-state index contributed by atoms with van der Waals surface area (Å²) in [7, 11) is 0. The Morgan fingerprint density at radius 3 is 1.37 bits per heavy atom. The largest absolute Gasteiger partial charge is 0.457 e. The van der Waals surface area contributed by atoms with Crippen LogP contribution in [-0.2, 0) is 11.5 Å². The number of benzene rings is 2. The van der Waals surface area contributed by atoms with E-state index in [4.69, 9.17) is 4.74 Å². The lowest BCUT2D eigenvalue weighted by molar-refractivity contribution is 0.482. The van der Waals surface area contributed by atoms with Crippen LogP contribution in [0.25, 0.3) is 0 Å². The van der Waals surface area contributed by atoms with Crippen LogP contribution in [0.3, 0.4) is 0 Å². The molecule has 3 heteroatoms. The Hall–Kier alpha value is -1.06. The maximum absolute atomic E-state index is 5.83. The van der Waals surface area contributed by atoms with E-state index in [0.717, 1.165) is 23.0 Å². The Morgan fingerprint density at radius 2 is 1.05 bits per heavy atom. The number of hydrogen-bond donors (Lipinski definition) is 0. The van der Waals surface area contributed by atoms with Crippen molar-refractivity contribution in [1.82, 2.24) is 0 Å². The molecule has 2 aromatic rings. The Labute approximate surface area is 123 Å². The SMILES string of the molecule is CSCc1ccc(Oc2ccc(CSC)cc2)cc1. The summed E-state index contributed by atoms with van der Waals surface area (Å²) in [6.07, 6.45) is 4.22. The molecular weight excluding hydrogens is 272 g/mol. The van der Waals surface area contributed by atoms with Gasteiger partial charge < -0.3 is 4.74 Å². The van der Waals surface area contributed by atoms with Gasteiger partial charge in [-0.15, -0.1) is 0 Å². The first kappa shape index (κ1) is 14.4. The molecule has 0 spiro atoms. The van der Waals surface area contributed by atoms with E-state index in [1.807, 2.05) is 47.8 Å². The molecule has 0 radical (unpaired) electrons. The lowest BCUT2D eigenvalue weighted by Crippen LogP contribution is -1.86. The van der Waals surface area contributed by atoms with Gasteiger partial charge in [0.2, 0.25) is 0 Å². The summed E-state index contributed by atoms with van der Waals surface area (Å²) in [6.45, 7) is 0. The summed E-state index contributed by atoms with van der Waals surface area (Å²) in [5.74, 6) is 3.87. The molecule has 0 aromatic heterocycles. The van der Waals surface area contributed by atoms with Crippen molar-refractivity contribution in [3.8, 4) is 11.5 Å². The average molecular weight is 290 g/mol. The van der Waals surface area contributed by atoms with Crippen molar-refractivity contribution in [3.63, 3.8) is 0 Å². The zero-order chi connectivity index (χ0) is 13.5. The van der Waals surface area contributed by atoms with Crippen LogP contribution in [0.2, 0.25) is 0 Å². The van der Waals surface area contributed by atoms with Gasteiger partial charge in [0.15, 0.2) is 0 Å². The molecule has 0 unspecified atom stereocenters. The topological polar surface area (TPSA) is 9.23 Å². The van der Waals surface area contributed by atoms with Crippen LogP contribution in [0, 0.1) is 0 Å². The first-order chi connectivity index (χ1) is 9.31. The summed E-state index contributed by atoms with van der Waals surface area (Å²) in [6, 6.07) is 16.6. The van der Waals surface area contributed by atoms with Gasteiger partial charge in [0.25, 0.3) is 0 Å². The van der Waals surface area contributed by atoms with Crippen molar-refractivity contribution in [3.05, 3.63) is 59.7 Å². The normalized spacial score (nSPS) is 10.4. The van der Waals surface area contributed by atoms with E-state index in [9.17, 15) is 0 Å². The van der Waals surface area contributed by atoms with Crippen molar-refractivity contribution in [2.75, 3.05) is 12.5 Å². The maximum Gasteiger partial charge on any atom is 0.127 e. The molecule has 2 rings (SSSR count). The predicted octanol–water partition coefficient (Wildman–Crippen LogP) is 5.20. The molecule has 0 bridgehead atoms. The first-order valence-corrected chi connectivity index (χ1v) is 8.94. The van der Waals surface area contributed by atoms with E-state index in [0.29, 0.717) is 0 Å². The minimum absolute atomic E-state index is 0.891. The van der Waals surface area contributed by atoms with E-state index >= 15 is 0 Å². The molecule has 0 heterocycles. The van der Waals surface area contributed by atoms with Crippen molar-refractivity contribution in [2.45, 2.75) is 11.5 Å². The van der Waals surface area contributed by atoms with Gasteiger partial charge in [0, 0.05) is 11.5 Å². The highest BCUT2D eigenvalue weighted by molar-refractivity contribution is 7.98. The van der Waals surface area contributed by atoms with Gasteiger partial charge in [-0.2, -0.15) is 23.5 Å². The Morgan fingerprint density at radius 1 is 0.684 bits per heavy atom. The molecule has 0 amide bonds. The fourth-order valence-electron chi connectivity index (χ4n) is 1.78. The molecule has 1 nitrogen and oxygen atoms in total. The summed E-state index contributed by atoms with van der Waals surface area (Å²) < 4.78 is 5.83. The maximum atomic E-state index is 5.83. The molecule has 100 valence electrons. The minimum atomic E-state index is 0.891. The zero-order valence-electron chi connectivity index (χ0n) is 11.3. The third kappa shape index (κ3) is 4.51. The smallest absolute Gasteiger partial charge is 0.127 e. The molecule has 0 saturated heterocycles. The van der Waals surface area contributed by atoms with Crippen molar-refractivity contribution in [1.29, 1.82) is 0 Å². The van der Waals surface area contributed by atoms with Crippen LogP contribution >= 0.6 is 23.5 Å². The van der Waals surface area contributed by atoms with Crippen LogP contribution in [0.5, 0.6) is 11.5 Å². The third-order valence-electron chi connectivity index (χ3n) is 2.70. The molecule has 2 aromatic carbocycles. The van der Waals surface area contributed by atoms with Crippen LogP contribution in [0.15, 0.2) is 48.5 Å². The van der Waals surface area contributed by atoms with Gasteiger partial charge in [0.05, 0.1) is 0 Å². The quantitative estimate of drug-likeness (QED) is 0.723. The Balaban J connectivity index is 1.99. The van der Waals surface area contributed by atoms with E-state index in [-0.39, 0.29) is 0 Å². The minimum Gasteiger partial charge on any atom is -0.457 e. The van der Waals surface area contributed by atoms with Crippen molar-refractivity contribution >= 4 is 23.5 Å². The molecular formula is C16H18OS2. The van der Waals surface area contributed by atoms with Crippen LogP contribution in [0.4, 0.5) is 0 Å². The number of rotatable bonds is 6.